The maximum Gasteiger partial charge on any atom is 0.437 e. The highest BCUT2D eigenvalue weighted by Crippen LogP contribution is 2.14. The molecule has 0 unspecified atom stereocenters. The summed E-state index contributed by atoms with van der Waals surface area (Å²) in [5.41, 5.74) is -0.370. The molecular weight excluding hydrogens is 342 g/mol. The van der Waals surface area contributed by atoms with E-state index in [1.165, 1.54) is 6.07 Å². The van der Waals surface area contributed by atoms with Gasteiger partial charge in [0, 0.05) is 19.2 Å². The molecule has 0 saturated heterocycles. The molecule has 0 aliphatic carbocycles. The van der Waals surface area contributed by atoms with E-state index in [-0.39, 0.29) is 24.6 Å². The van der Waals surface area contributed by atoms with Gasteiger partial charge in [0.2, 0.25) is 0 Å². The zero-order valence-corrected chi connectivity index (χ0v) is 14.8. The Hall–Kier alpha value is -3.30. The van der Waals surface area contributed by atoms with Crippen molar-refractivity contribution in [1.82, 2.24) is 9.71 Å². The average Bonchev–Trinajstić information content (AvgIpc) is 2.58. The van der Waals surface area contributed by atoms with Gasteiger partial charge >= 0.3 is 12.2 Å². The summed E-state index contributed by atoms with van der Waals surface area (Å²) in [4.78, 5) is 32.8. The second-order valence-electron chi connectivity index (χ2n) is 4.75. The second-order valence-corrected chi connectivity index (χ2v) is 4.75. The minimum absolute atomic E-state index is 0.0883. The smallest absolute Gasteiger partial charge is 0.437 e. The van der Waals surface area contributed by atoms with Crippen molar-refractivity contribution in [1.29, 1.82) is 0 Å². The largest absolute Gasteiger partial charge is 0.450 e. The molecular formula is C16H23N5O5. The summed E-state index contributed by atoms with van der Waals surface area (Å²) in [6.45, 7) is 11.7. The maximum absolute atomic E-state index is 11.7. The number of carbonyl (C=O) groups is 2. The quantitative estimate of drug-likeness (QED) is 0.534. The van der Waals surface area contributed by atoms with Gasteiger partial charge in [0.05, 0.1) is 13.2 Å². The van der Waals surface area contributed by atoms with E-state index in [9.17, 15) is 14.8 Å². The monoisotopic (exact) mass is 365 g/mol. The van der Waals surface area contributed by atoms with Crippen LogP contribution in [0.1, 0.15) is 13.8 Å². The van der Waals surface area contributed by atoms with E-state index < -0.39 is 12.2 Å². The van der Waals surface area contributed by atoms with Crippen LogP contribution in [0.2, 0.25) is 0 Å². The number of anilines is 2. The van der Waals surface area contributed by atoms with Crippen molar-refractivity contribution in [3.63, 3.8) is 0 Å². The molecule has 0 aromatic carbocycles. The third kappa shape index (κ3) is 5.96. The van der Waals surface area contributed by atoms with E-state index in [2.05, 4.69) is 28.5 Å². The van der Waals surface area contributed by atoms with E-state index in [0.29, 0.717) is 23.6 Å². The van der Waals surface area contributed by atoms with Crippen LogP contribution in [-0.4, -0.2) is 53.4 Å². The van der Waals surface area contributed by atoms with E-state index in [1.807, 2.05) is 0 Å². The van der Waals surface area contributed by atoms with Crippen LogP contribution >= 0.6 is 0 Å². The molecule has 0 aliphatic heterocycles. The Labute approximate surface area is 151 Å². The van der Waals surface area contributed by atoms with E-state index >= 15 is 0 Å². The van der Waals surface area contributed by atoms with Crippen molar-refractivity contribution in [3.05, 3.63) is 37.0 Å². The number of hydrogen-bond donors (Lipinski definition) is 2. The molecule has 0 aliphatic rings. The van der Waals surface area contributed by atoms with Crippen LogP contribution in [0, 0.1) is 0 Å². The summed E-state index contributed by atoms with van der Waals surface area (Å²) < 4.78 is 9.98. The molecule has 10 heteroatoms. The summed E-state index contributed by atoms with van der Waals surface area (Å²) >= 11 is 0. The molecule has 1 aromatic heterocycles. The minimum atomic E-state index is -0.930. The van der Waals surface area contributed by atoms with Gasteiger partial charge < -0.3 is 19.6 Å². The molecule has 1 heterocycles. The van der Waals surface area contributed by atoms with Gasteiger partial charge in [0.25, 0.3) is 5.62 Å². The summed E-state index contributed by atoms with van der Waals surface area (Å²) in [5.74, 6) is 0.236. The van der Waals surface area contributed by atoms with Crippen LogP contribution in [0.25, 0.3) is 0 Å². The minimum Gasteiger partial charge on any atom is -0.450 e. The van der Waals surface area contributed by atoms with Gasteiger partial charge in [-0.25, -0.2) is 9.59 Å². The van der Waals surface area contributed by atoms with Gasteiger partial charge in [0.15, 0.2) is 5.82 Å². The molecule has 0 fully saturated rings. The molecule has 2 N–H and O–H groups in total. The van der Waals surface area contributed by atoms with Crippen molar-refractivity contribution < 1.29 is 24.3 Å². The topological polar surface area (TPSA) is 118 Å². The molecule has 142 valence electrons. The molecule has 0 saturated carbocycles. The lowest BCUT2D eigenvalue weighted by Crippen LogP contribution is -2.33. The fraction of sp³-hybridized carbons (Fsp3) is 0.375. The number of rotatable bonds is 8. The number of aromatic nitrogens is 2. The molecule has 0 bridgehead atoms. The lowest BCUT2D eigenvalue weighted by molar-refractivity contribution is 0.151. The number of amides is 2. The summed E-state index contributed by atoms with van der Waals surface area (Å²) in [6, 6.07) is 1.40. The predicted molar refractivity (Wildman–Crippen MR) is 95.2 cm³/mol. The molecule has 1 aromatic rings. The van der Waals surface area contributed by atoms with Gasteiger partial charge in [-0.2, -0.15) is 4.98 Å². The first kappa shape index (κ1) is 20.7. The first-order valence-electron chi connectivity index (χ1n) is 7.92. The zero-order chi connectivity index (χ0) is 19.5. The third-order valence-electron chi connectivity index (χ3n) is 2.89. The Morgan fingerprint density at radius 2 is 1.92 bits per heavy atom. The highest BCUT2D eigenvalue weighted by atomic mass is 16.6. The normalized spacial score (nSPS) is 10.8. The van der Waals surface area contributed by atoms with E-state index in [0.717, 1.165) is 0 Å². The zero-order valence-electron chi connectivity index (χ0n) is 14.8. The predicted octanol–water partition coefficient (Wildman–Crippen LogP) is 1.92. The SMILES string of the molecule is C=CCN(CC=C)c1cc(NC(=O)OCC)n(O)c(=NC(=O)OCC)n1. The van der Waals surface area contributed by atoms with Crippen molar-refractivity contribution in [2.45, 2.75) is 13.8 Å². The highest BCUT2D eigenvalue weighted by molar-refractivity contribution is 5.83. The Morgan fingerprint density at radius 1 is 1.31 bits per heavy atom. The van der Waals surface area contributed by atoms with Crippen LogP contribution in [0.3, 0.4) is 0 Å². The average molecular weight is 365 g/mol. The van der Waals surface area contributed by atoms with Crippen LogP contribution in [0.15, 0.2) is 36.4 Å². The third-order valence-corrected chi connectivity index (χ3v) is 2.89. The van der Waals surface area contributed by atoms with Gasteiger partial charge in [0.1, 0.15) is 5.82 Å². The van der Waals surface area contributed by atoms with Crippen LogP contribution < -0.4 is 15.8 Å². The number of ether oxygens (including phenoxy) is 2. The number of nitrogens with one attached hydrogen (secondary N) is 1. The first-order chi connectivity index (χ1) is 12.5. The molecule has 0 radical (unpaired) electrons. The van der Waals surface area contributed by atoms with Crippen molar-refractivity contribution in [2.24, 2.45) is 4.99 Å². The summed E-state index contributed by atoms with van der Waals surface area (Å²) in [7, 11) is 0. The van der Waals surface area contributed by atoms with Crippen LogP contribution in [-0.2, 0) is 9.47 Å². The van der Waals surface area contributed by atoms with Gasteiger partial charge in [-0.1, -0.05) is 12.2 Å². The van der Waals surface area contributed by atoms with E-state index in [4.69, 9.17) is 9.47 Å². The lowest BCUT2D eigenvalue weighted by atomic mass is 10.4. The summed E-state index contributed by atoms with van der Waals surface area (Å²) in [6.07, 6.45) is 1.58. The molecule has 0 atom stereocenters. The fourth-order valence-electron chi connectivity index (χ4n) is 1.88. The lowest BCUT2D eigenvalue weighted by Gasteiger charge is -2.21. The fourth-order valence-corrected chi connectivity index (χ4v) is 1.88. The molecule has 2 amide bonds. The molecule has 0 spiro atoms. The van der Waals surface area contributed by atoms with Crippen molar-refractivity contribution in [2.75, 3.05) is 36.5 Å². The number of hydrogen-bond acceptors (Lipinski definition) is 7. The van der Waals surface area contributed by atoms with E-state index in [1.54, 1.807) is 30.9 Å². The summed E-state index contributed by atoms with van der Waals surface area (Å²) in [5, 5.41) is 12.6. The molecule has 10 nitrogen and oxygen atoms in total. The molecule has 26 heavy (non-hydrogen) atoms. The first-order valence-corrected chi connectivity index (χ1v) is 7.92. The Bertz CT molecular complexity index is 718. The maximum atomic E-state index is 11.7. The standard InChI is InChI=1S/C16H23N5O5/c1-5-9-20(10-6-2)12-11-13(18-15(22)25-7-3)21(24)14(17-12)19-16(23)26-8-4/h5-6,11,24H,1-2,7-10H2,3-4H3,(H,18,22). The highest BCUT2D eigenvalue weighted by Gasteiger charge is 2.14. The van der Waals surface area contributed by atoms with Crippen LogP contribution in [0.4, 0.5) is 21.2 Å². The van der Waals surface area contributed by atoms with Gasteiger partial charge in [-0.15, -0.1) is 22.9 Å². The van der Waals surface area contributed by atoms with Crippen LogP contribution in [0.5, 0.6) is 0 Å². The Balaban J connectivity index is 3.45. The molecule has 1 rings (SSSR count). The van der Waals surface area contributed by atoms with Gasteiger partial charge in [-0.05, 0) is 13.8 Å². The second kappa shape index (κ2) is 10.5. The number of nitrogens with zero attached hydrogens (tertiary/aromatic N) is 4. The van der Waals surface area contributed by atoms with Gasteiger partial charge in [-0.3, -0.25) is 5.32 Å². The van der Waals surface area contributed by atoms with Crippen molar-refractivity contribution in [3.8, 4) is 0 Å². The Kier molecular flexibility index (Phi) is 8.41. The van der Waals surface area contributed by atoms with Crippen molar-refractivity contribution >= 4 is 23.8 Å². The number of carbonyl (C=O) groups excluding carboxylic acids is 2. The Morgan fingerprint density at radius 3 is 2.46 bits per heavy atom.